The second-order valence-corrected chi connectivity index (χ2v) is 8.03. The molecule has 0 radical (unpaired) electrons. The van der Waals surface area contributed by atoms with Gasteiger partial charge in [-0.3, -0.25) is 19.3 Å². The summed E-state index contributed by atoms with van der Waals surface area (Å²) >= 11 is 0. The van der Waals surface area contributed by atoms with Gasteiger partial charge < -0.3 is 9.80 Å². The molecular weight excluding hydrogens is 390 g/mol. The molecule has 1 heterocycles. The first-order chi connectivity index (χ1) is 14.9. The van der Waals surface area contributed by atoms with E-state index < -0.39 is 0 Å². The van der Waals surface area contributed by atoms with Crippen LogP contribution in [0.5, 0.6) is 0 Å². The fourth-order valence-electron chi connectivity index (χ4n) is 4.00. The molecule has 0 aliphatic carbocycles. The molecule has 3 amide bonds. The number of rotatable bonds is 8. The average Bonchev–Trinajstić information content (AvgIpc) is 3.16. The molecule has 0 N–H and O–H groups in total. The lowest BCUT2D eigenvalue weighted by Crippen LogP contribution is -2.44. The van der Waals surface area contributed by atoms with Crippen LogP contribution >= 0.6 is 0 Å². The molecule has 31 heavy (non-hydrogen) atoms. The van der Waals surface area contributed by atoms with E-state index in [0.717, 1.165) is 23.2 Å². The van der Waals surface area contributed by atoms with Gasteiger partial charge in [0.15, 0.2) is 0 Å². The Morgan fingerprint density at radius 1 is 1.06 bits per heavy atom. The molecule has 1 saturated heterocycles. The largest absolute Gasteiger partial charge is 0.333 e. The topological polar surface area (TPSA) is 60.9 Å². The van der Waals surface area contributed by atoms with Gasteiger partial charge in [-0.2, -0.15) is 0 Å². The van der Waals surface area contributed by atoms with Crippen LogP contribution in [0.15, 0.2) is 54.6 Å². The van der Waals surface area contributed by atoms with Crippen molar-refractivity contribution in [3.8, 4) is 0 Å². The number of aryl methyl sites for hydroxylation is 1. The summed E-state index contributed by atoms with van der Waals surface area (Å²) in [5, 5.41) is 0. The van der Waals surface area contributed by atoms with E-state index in [1.165, 1.54) is 4.90 Å². The molecule has 1 atom stereocenters. The van der Waals surface area contributed by atoms with Crippen molar-refractivity contribution >= 4 is 23.4 Å². The summed E-state index contributed by atoms with van der Waals surface area (Å²) in [5.41, 5.74) is 2.81. The van der Waals surface area contributed by atoms with Crippen molar-refractivity contribution in [1.29, 1.82) is 0 Å². The van der Waals surface area contributed by atoms with Crippen LogP contribution in [0.1, 0.15) is 43.7 Å². The molecule has 3 rings (SSSR count). The summed E-state index contributed by atoms with van der Waals surface area (Å²) in [5.74, 6) is -0.620. The Hall–Kier alpha value is -3.15. The third-order valence-electron chi connectivity index (χ3n) is 5.64. The molecule has 164 valence electrons. The fourth-order valence-corrected chi connectivity index (χ4v) is 4.00. The number of carbonyl (C=O) groups excluding carboxylic acids is 3. The summed E-state index contributed by atoms with van der Waals surface area (Å²) in [7, 11) is 0. The first kappa shape index (κ1) is 22.5. The molecule has 1 fully saturated rings. The van der Waals surface area contributed by atoms with Gasteiger partial charge in [0.25, 0.3) is 0 Å². The molecule has 2 aromatic carbocycles. The van der Waals surface area contributed by atoms with Gasteiger partial charge in [-0.15, -0.1) is 0 Å². The van der Waals surface area contributed by atoms with Crippen molar-refractivity contribution in [3.63, 3.8) is 0 Å². The van der Waals surface area contributed by atoms with Crippen LogP contribution in [0.3, 0.4) is 0 Å². The number of hydrogen-bond acceptors (Lipinski definition) is 3. The van der Waals surface area contributed by atoms with Gasteiger partial charge in [0.05, 0.1) is 12.5 Å². The molecule has 0 bridgehead atoms. The van der Waals surface area contributed by atoms with E-state index in [2.05, 4.69) is 0 Å². The minimum atomic E-state index is -0.274. The zero-order valence-corrected chi connectivity index (χ0v) is 18.6. The lowest BCUT2D eigenvalue weighted by atomic mass is 9.95. The number of anilines is 1. The van der Waals surface area contributed by atoms with Crippen LogP contribution in [0.4, 0.5) is 5.69 Å². The summed E-state index contributed by atoms with van der Waals surface area (Å²) in [4.78, 5) is 43.6. The van der Waals surface area contributed by atoms with Crippen LogP contribution in [-0.4, -0.2) is 53.8 Å². The highest BCUT2D eigenvalue weighted by Gasteiger charge is 2.34. The molecule has 0 saturated carbocycles. The Labute approximate surface area is 184 Å². The van der Waals surface area contributed by atoms with Crippen LogP contribution in [0.25, 0.3) is 0 Å². The molecule has 1 unspecified atom stereocenters. The van der Waals surface area contributed by atoms with E-state index in [9.17, 15) is 14.4 Å². The Morgan fingerprint density at radius 3 is 2.45 bits per heavy atom. The highest BCUT2D eigenvalue weighted by molar-refractivity contribution is 6.00. The van der Waals surface area contributed by atoms with Gasteiger partial charge in [0.1, 0.15) is 13.2 Å². The lowest BCUT2D eigenvalue weighted by Gasteiger charge is -2.28. The van der Waals surface area contributed by atoms with Crippen molar-refractivity contribution < 1.29 is 14.4 Å². The minimum Gasteiger partial charge on any atom is -0.333 e. The average molecular weight is 422 g/mol. The van der Waals surface area contributed by atoms with Crippen molar-refractivity contribution in [3.05, 3.63) is 65.7 Å². The Morgan fingerprint density at radius 2 is 1.81 bits per heavy atom. The van der Waals surface area contributed by atoms with E-state index >= 15 is 0 Å². The monoisotopic (exact) mass is 421 g/mol. The molecule has 6 heteroatoms. The minimum absolute atomic E-state index is 0.00898. The fraction of sp³-hybridized carbons (Fsp3) is 0.400. The van der Waals surface area contributed by atoms with Gasteiger partial charge in [0, 0.05) is 12.2 Å². The zero-order chi connectivity index (χ0) is 22.4. The van der Waals surface area contributed by atoms with Crippen molar-refractivity contribution in [2.24, 2.45) is 0 Å². The maximum Gasteiger partial charge on any atom is 0.248 e. The highest BCUT2D eigenvalue weighted by atomic mass is 16.2. The van der Waals surface area contributed by atoms with Gasteiger partial charge in [-0.1, -0.05) is 56.3 Å². The van der Waals surface area contributed by atoms with Crippen LogP contribution in [-0.2, 0) is 14.4 Å². The molecule has 1 aliphatic rings. The number of hydrogen-bond donors (Lipinski definition) is 0. The maximum atomic E-state index is 13.3. The van der Waals surface area contributed by atoms with E-state index in [4.69, 9.17) is 0 Å². The third kappa shape index (κ3) is 5.32. The summed E-state index contributed by atoms with van der Waals surface area (Å²) in [6, 6.07) is 17.4. The quantitative estimate of drug-likeness (QED) is 0.655. The second-order valence-electron chi connectivity index (χ2n) is 8.03. The number of nitrogens with zero attached hydrogens (tertiary/aromatic N) is 3. The Balaban J connectivity index is 1.70. The van der Waals surface area contributed by atoms with Crippen LogP contribution in [0.2, 0.25) is 0 Å². The lowest BCUT2D eigenvalue weighted by molar-refractivity contribution is -0.141. The summed E-state index contributed by atoms with van der Waals surface area (Å²) in [6.07, 6.45) is 1.43. The normalized spacial score (nSPS) is 14.6. The first-order valence-electron chi connectivity index (χ1n) is 10.9. The third-order valence-corrected chi connectivity index (χ3v) is 5.64. The van der Waals surface area contributed by atoms with E-state index in [0.29, 0.717) is 13.0 Å². The Kier molecular flexibility index (Phi) is 7.45. The molecule has 2 aromatic rings. The zero-order valence-electron chi connectivity index (χ0n) is 18.6. The molecule has 6 nitrogen and oxygen atoms in total. The predicted octanol–water partition coefficient (Wildman–Crippen LogP) is 3.56. The van der Waals surface area contributed by atoms with Crippen LogP contribution in [0, 0.1) is 6.92 Å². The first-order valence-corrected chi connectivity index (χ1v) is 10.9. The van der Waals surface area contributed by atoms with Gasteiger partial charge in [-0.05, 0) is 43.0 Å². The maximum absolute atomic E-state index is 13.3. The standard InChI is InChI=1S/C25H31N3O3/c1-4-14-26(25(31)22(5-2)20-11-7-6-8-12-20)16-23(29)27-17-24(30)28(18-27)21-13-9-10-19(3)15-21/h6-13,15,22H,4-5,14,16-18H2,1-3H3. The predicted molar refractivity (Wildman–Crippen MR) is 122 cm³/mol. The SMILES string of the molecule is CCCN(CC(=O)N1CC(=O)N(c2cccc(C)c2)C1)C(=O)C(CC)c1ccccc1. The second kappa shape index (κ2) is 10.2. The van der Waals surface area contributed by atoms with Crippen LogP contribution < -0.4 is 4.90 Å². The molecular formula is C25H31N3O3. The molecule has 1 aliphatic heterocycles. The van der Waals surface area contributed by atoms with Gasteiger partial charge in [0.2, 0.25) is 17.7 Å². The van der Waals surface area contributed by atoms with Crippen molar-refractivity contribution in [2.45, 2.75) is 39.5 Å². The van der Waals surface area contributed by atoms with E-state index in [1.807, 2.05) is 75.4 Å². The number of amides is 3. The molecule has 0 spiro atoms. The Bertz CT molecular complexity index is 929. The van der Waals surface area contributed by atoms with E-state index in [-0.39, 0.29) is 43.4 Å². The number of benzene rings is 2. The van der Waals surface area contributed by atoms with Gasteiger partial charge >= 0.3 is 0 Å². The smallest absolute Gasteiger partial charge is 0.248 e. The summed E-state index contributed by atoms with van der Waals surface area (Å²) < 4.78 is 0. The van der Waals surface area contributed by atoms with Crippen molar-refractivity contribution in [2.75, 3.05) is 31.2 Å². The highest BCUT2D eigenvalue weighted by Crippen LogP contribution is 2.23. The number of carbonyl (C=O) groups is 3. The van der Waals surface area contributed by atoms with E-state index in [1.54, 1.807) is 9.80 Å². The molecule has 0 aromatic heterocycles. The van der Waals surface area contributed by atoms with Gasteiger partial charge in [-0.25, -0.2) is 0 Å². The summed E-state index contributed by atoms with van der Waals surface area (Å²) in [6.45, 7) is 6.70. The van der Waals surface area contributed by atoms with Crippen molar-refractivity contribution in [1.82, 2.24) is 9.80 Å².